The summed E-state index contributed by atoms with van der Waals surface area (Å²) >= 11 is 0. The van der Waals surface area contributed by atoms with E-state index in [9.17, 15) is 4.79 Å². The van der Waals surface area contributed by atoms with Crippen molar-refractivity contribution in [1.29, 1.82) is 0 Å². The van der Waals surface area contributed by atoms with Crippen molar-refractivity contribution in [1.82, 2.24) is 5.32 Å². The van der Waals surface area contributed by atoms with E-state index in [0.717, 1.165) is 0 Å². The molecule has 0 unspecified atom stereocenters. The molecule has 0 aromatic carbocycles. The van der Waals surface area contributed by atoms with Gasteiger partial charge in [-0.1, -0.05) is 5.16 Å². The molecular weight excluding hydrogens is 196 g/mol. The van der Waals surface area contributed by atoms with Crippen molar-refractivity contribution in [2.45, 2.75) is 51.7 Å². The van der Waals surface area contributed by atoms with Gasteiger partial charge >= 0.3 is 6.09 Å². The first-order valence-electron chi connectivity index (χ1n) is 4.95. The Balaban J connectivity index is 2.40. The zero-order chi connectivity index (χ0) is 11.7. The van der Waals surface area contributed by atoms with Crippen LogP contribution in [0, 0.1) is 0 Å². The maximum absolute atomic E-state index is 11.4. The predicted molar refractivity (Wildman–Crippen MR) is 56.2 cm³/mol. The maximum atomic E-state index is 11.4. The first-order chi connectivity index (χ1) is 6.74. The van der Waals surface area contributed by atoms with E-state index in [2.05, 4.69) is 10.5 Å². The number of carbonyl (C=O) groups is 1. The number of carbonyl (C=O) groups excluding carboxylic acids is 1. The monoisotopic (exact) mass is 214 g/mol. The molecule has 1 aliphatic rings. The van der Waals surface area contributed by atoms with Crippen molar-refractivity contribution < 1.29 is 14.7 Å². The number of nitrogens with zero attached hydrogens (tertiary/aromatic N) is 1. The standard InChI is InChI=1S/C10H18N2O3/c1-9(2,3)15-8(13)11-10(4)5-7(6-10)12-14/h14H,5-6H2,1-4H3,(H,11,13). The summed E-state index contributed by atoms with van der Waals surface area (Å²) in [5, 5.41) is 14.3. The molecule has 5 nitrogen and oxygen atoms in total. The van der Waals surface area contributed by atoms with Crippen LogP contribution in [0.15, 0.2) is 5.16 Å². The topological polar surface area (TPSA) is 70.9 Å². The van der Waals surface area contributed by atoms with E-state index in [1.54, 1.807) is 0 Å². The first-order valence-corrected chi connectivity index (χ1v) is 4.95. The van der Waals surface area contributed by atoms with Gasteiger partial charge in [-0.15, -0.1) is 0 Å². The molecular formula is C10H18N2O3. The molecule has 1 aliphatic carbocycles. The van der Waals surface area contributed by atoms with Crippen LogP contribution in [0.5, 0.6) is 0 Å². The van der Waals surface area contributed by atoms with Gasteiger partial charge in [-0.2, -0.15) is 0 Å². The fourth-order valence-electron chi connectivity index (χ4n) is 1.56. The summed E-state index contributed by atoms with van der Waals surface area (Å²) in [6, 6.07) is 0. The van der Waals surface area contributed by atoms with Crippen LogP contribution >= 0.6 is 0 Å². The lowest BCUT2D eigenvalue weighted by Gasteiger charge is -2.39. The summed E-state index contributed by atoms with van der Waals surface area (Å²) in [4.78, 5) is 11.4. The molecule has 0 heterocycles. The molecule has 1 rings (SSSR count). The highest BCUT2D eigenvalue weighted by Crippen LogP contribution is 2.29. The average Bonchev–Trinajstić information content (AvgIpc) is 1.95. The van der Waals surface area contributed by atoms with Crippen molar-refractivity contribution in [2.24, 2.45) is 5.16 Å². The van der Waals surface area contributed by atoms with Crippen LogP contribution in [-0.2, 0) is 4.74 Å². The Morgan fingerprint density at radius 3 is 2.47 bits per heavy atom. The Hall–Kier alpha value is -1.26. The van der Waals surface area contributed by atoms with Crippen molar-refractivity contribution in [3.63, 3.8) is 0 Å². The average molecular weight is 214 g/mol. The molecule has 86 valence electrons. The number of oxime groups is 1. The number of hydrogen-bond donors (Lipinski definition) is 2. The molecule has 1 fully saturated rings. The summed E-state index contributed by atoms with van der Waals surface area (Å²) in [7, 11) is 0. The fraction of sp³-hybridized carbons (Fsp3) is 0.800. The van der Waals surface area contributed by atoms with E-state index >= 15 is 0 Å². The van der Waals surface area contributed by atoms with Gasteiger partial charge in [0, 0.05) is 12.8 Å². The minimum atomic E-state index is -0.488. The van der Waals surface area contributed by atoms with Gasteiger partial charge in [0.15, 0.2) is 0 Å². The van der Waals surface area contributed by atoms with Gasteiger partial charge in [0.05, 0.1) is 11.3 Å². The van der Waals surface area contributed by atoms with Crippen LogP contribution < -0.4 is 5.32 Å². The second-order valence-corrected chi connectivity index (χ2v) is 5.21. The molecule has 0 radical (unpaired) electrons. The Morgan fingerprint density at radius 1 is 1.53 bits per heavy atom. The zero-order valence-electron chi connectivity index (χ0n) is 9.63. The van der Waals surface area contributed by atoms with Gasteiger partial charge in [-0.25, -0.2) is 4.79 Å². The highest BCUT2D eigenvalue weighted by Gasteiger charge is 2.40. The summed E-state index contributed by atoms with van der Waals surface area (Å²) in [6.07, 6.45) is 0.716. The van der Waals surface area contributed by atoms with E-state index in [4.69, 9.17) is 9.94 Å². The number of alkyl carbamates (subject to hydrolysis) is 1. The molecule has 1 saturated carbocycles. The zero-order valence-corrected chi connectivity index (χ0v) is 9.63. The third-order valence-corrected chi connectivity index (χ3v) is 2.13. The summed E-state index contributed by atoms with van der Waals surface area (Å²) < 4.78 is 5.13. The number of nitrogens with one attached hydrogen (secondary N) is 1. The third kappa shape index (κ3) is 3.42. The molecule has 0 aromatic rings. The van der Waals surface area contributed by atoms with Gasteiger partial charge in [-0.3, -0.25) is 0 Å². The molecule has 0 spiro atoms. The molecule has 0 aromatic heterocycles. The van der Waals surface area contributed by atoms with Crippen molar-refractivity contribution in [3.05, 3.63) is 0 Å². The quantitative estimate of drug-likeness (QED) is 0.517. The predicted octanol–water partition coefficient (Wildman–Crippen LogP) is 1.89. The van der Waals surface area contributed by atoms with Gasteiger partial charge in [0.1, 0.15) is 5.60 Å². The van der Waals surface area contributed by atoms with Gasteiger partial charge in [0.2, 0.25) is 0 Å². The number of rotatable bonds is 1. The van der Waals surface area contributed by atoms with Crippen LogP contribution in [0.4, 0.5) is 4.79 Å². The largest absolute Gasteiger partial charge is 0.444 e. The summed E-state index contributed by atoms with van der Waals surface area (Å²) in [5.41, 5.74) is -0.115. The smallest absolute Gasteiger partial charge is 0.408 e. The molecule has 15 heavy (non-hydrogen) atoms. The molecule has 2 N–H and O–H groups in total. The molecule has 1 amide bonds. The highest BCUT2D eigenvalue weighted by atomic mass is 16.6. The normalized spacial score (nSPS) is 25.5. The van der Waals surface area contributed by atoms with E-state index in [1.165, 1.54) is 0 Å². The lowest BCUT2D eigenvalue weighted by molar-refractivity contribution is 0.0455. The Morgan fingerprint density at radius 2 is 2.07 bits per heavy atom. The summed E-state index contributed by atoms with van der Waals surface area (Å²) in [6.45, 7) is 7.34. The lowest BCUT2D eigenvalue weighted by atomic mass is 9.77. The van der Waals surface area contributed by atoms with Gasteiger partial charge in [-0.05, 0) is 27.7 Å². The highest BCUT2D eigenvalue weighted by molar-refractivity contribution is 5.93. The Bertz CT molecular complexity index is 284. The van der Waals surface area contributed by atoms with E-state index < -0.39 is 11.7 Å². The fourth-order valence-corrected chi connectivity index (χ4v) is 1.56. The second kappa shape index (κ2) is 3.72. The van der Waals surface area contributed by atoms with Crippen molar-refractivity contribution >= 4 is 11.8 Å². The van der Waals surface area contributed by atoms with Crippen LogP contribution in [0.3, 0.4) is 0 Å². The van der Waals surface area contributed by atoms with Gasteiger partial charge in [0.25, 0.3) is 0 Å². The Labute approximate surface area is 89.5 Å². The minimum absolute atomic E-state index is 0.329. The van der Waals surface area contributed by atoms with E-state index in [1.807, 2.05) is 27.7 Å². The molecule has 5 heteroatoms. The molecule has 0 bridgehead atoms. The van der Waals surface area contributed by atoms with E-state index in [-0.39, 0.29) is 5.54 Å². The Kier molecular flexibility index (Phi) is 2.93. The first kappa shape index (κ1) is 11.8. The van der Waals surface area contributed by atoms with Crippen molar-refractivity contribution in [3.8, 4) is 0 Å². The maximum Gasteiger partial charge on any atom is 0.408 e. The van der Waals surface area contributed by atoms with Crippen LogP contribution in [-0.4, -0.2) is 28.2 Å². The SMILES string of the molecule is CC1(NC(=O)OC(C)(C)C)CC(=NO)C1. The third-order valence-electron chi connectivity index (χ3n) is 2.13. The van der Waals surface area contributed by atoms with Crippen molar-refractivity contribution in [2.75, 3.05) is 0 Å². The molecule has 0 atom stereocenters. The van der Waals surface area contributed by atoms with Gasteiger partial charge < -0.3 is 15.3 Å². The number of hydrogen-bond acceptors (Lipinski definition) is 4. The molecule has 0 aliphatic heterocycles. The van der Waals surface area contributed by atoms with Crippen LogP contribution in [0.2, 0.25) is 0 Å². The number of ether oxygens (including phenoxy) is 1. The summed E-state index contributed by atoms with van der Waals surface area (Å²) in [5.74, 6) is 0. The van der Waals surface area contributed by atoms with Crippen LogP contribution in [0.1, 0.15) is 40.5 Å². The van der Waals surface area contributed by atoms with Crippen LogP contribution in [0.25, 0.3) is 0 Å². The minimum Gasteiger partial charge on any atom is -0.444 e. The second-order valence-electron chi connectivity index (χ2n) is 5.21. The van der Waals surface area contributed by atoms with E-state index in [0.29, 0.717) is 18.6 Å². The lowest BCUT2D eigenvalue weighted by Crippen LogP contribution is -2.56. The molecule has 0 saturated heterocycles. The number of amides is 1.